The summed E-state index contributed by atoms with van der Waals surface area (Å²) in [5.41, 5.74) is 3.43. The maximum atomic E-state index is 4.45. The monoisotopic (exact) mass is 278 g/mol. The number of imidazole rings is 1. The predicted octanol–water partition coefficient (Wildman–Crippen LogP) is 3.44. The van der Waals surface area contributed by atoms with Crippen LogP contribution in [0.4, 0.5) is 5.95 Å². The quantitative estimate of drug-likeness (QED) is 0.777. The van der Waals surface area contributed by atoms with Crippen molar-refractivity contribution in [2.45, 2.75) is 19.9 Å². The number of rotatable bonds is 5. The number of benzene rings is 1. The van der Waals surface area contributed by atoms with Gasteiger partial charge in [0.2, 0.25) is 5.95 Å². The van der Waals surface area contributed by atoms with Crippen LogP contribution in [0.1, 0.15) is 18.2 Å². The van der Waals surface area contributed by atoms with Crippen LogP contribution >= 0.6 is 0 Å². The molecule has 4 nitrogen and oxygen atoms in total. The highest BCUT2D eigenvalue weighted by atomic mass is 15.2. The van der Waals surface area contributed by atoms with Gasteiger partial charge in [-0.25, -0.2) is 4.98 Å². The second-order valence-corrected chi connectivity index (χ2v) is 4.77. The zero-order chi connectivity index (χ0) is 14.5. The van der Waals surface area contributed by atoms with Gasteiger partial charge in [-0.2, -0.15) is 0 Å². The summed E-state index contributed by atoms with van der Waals surface area (Å²) in [5.74, 6) is 0.828. The Labute approximate surface area is 124 Å². The van der Waals surface area contributed by atoms with Crippen molar-refractivity contribution in [3.8, 4) is 5.69 Å². The summed E-state index contributed by atoms with van der Waals surface area (Å²) in [5, 5.41) is 3.37. The van der Waals surface area contributed by atoms with Crippen molar-refractivity contribution >= 4 is 5.95 Å². The molecule has 0 saturated carbocycles. The molecular formula is C17H18N4. The summed E-state index contributed by atoms with van der Waals surface area (Å²) in [6.07, 6.45) is 6.57. The molecular weight excluding hydrogens is 260 g/mol. The van der Waals surface area contributed by atoms with Gasteiger partial charge < -0.3 is 5.32 Å². The van der Waals surface area contributed by atoms with Crippen molar-refractivity contribution in [3.05, 3.63) is 72.3 Å². The van der Waals surface area contributed by atoms with E-state index in [2.05, 4.69) is 40.4 Å². The molecule has 1 N–H and O–H groups in total. The van der Waals surface area contributed by atoms with Crippen molar-refractivity contribution in [1.82, 2.24) is 14.5 Å². The third-order valence-corrected chi connectivity index (χ3v) is 3.45. The van der Waals surface area contributed by atoms with E-state index in [-0.39, 0.29) is 0 Å². The fourth-order valence-electron chi connectivity index (χ4n) is 2.35. The van der Waals surface area contributed by atoms with E-state index in [9.17, 15) is 0 Å². The maximum absolute atomic E-state index is 4.45. The number of nitrogens with one attached hydrogen (secondary N) is 1. The van der Waals surface area contributed by atoms with Gasteiger partial charge in [0.25, 0.3) is 0 Å². The van der Waals surface area contributed by atoms with E-state index in [1.165, 1.54) is 5.56 Å². The smallest absolute Gasteiger partial charge is 0.207 e. The molecule has 1 aromatic carbocycles. The minimum atomic E-state index is 0.674. The summed E-state index contributed by atoms with van der Waals surface area (Å²) >= 11 is 0. The largest absolute Gasteiger partial charge is 0.350 e. The van der Waals surface area contributed by atoms with Crippen molar-refractivity contribution in [2.75, 3.05) is 5.32 Å². The van der Waals surface area contributed by atoms with Crippen molar-refractivity contribution < 1.29 is 0 Å². The third-order valence-electron chi connectivity index (χ3n) is 3.45. The summed E-state index contributed by atoms with van der Waals surface area (Å²) in [4.78, 5) is 8.84. The minimum absolute atomic E-state index is 0.674. The van der Waals surface area contributed by atoms with Crippen LogP contribution < -0.4 is 5.32 Å². The topological polar surface area (TPSA) is 42.7 Å². The molecule has 0 aliphatic rings. The normalized spacial score (nSPS) is 10.5. The van der Waals surface area contributed by atoms with E-state index in [1.54, 1.807) is 6.20 Å². The van der Waals surface area contributed by atoms with E-state index in [4.69, 9.17) is 0 Å². The van der Waals surface area contributed by atoms with Crippen LogP contribution in [0.2, 0.25) is 0 Å². The number of nitrogens with zero attached hydrogens (tertiary/aromatic N) is 3. The molecule has 0 unspecified atom stereocenters. The molecule has 0 amide bonds. The van der Waals surface area contributed by atoms with Gasteiger partial charge in [0.1, 0.15) is 0 Å². The van der Waals surface area contributed by atoms with Crippen LogP contribution in [0.15, 0.2) is 61.1 Å². The average molecular weight is 278 g/mol. The molecule has 0 saturated heterocycles. The van der Waals surface area contributed by atoms with Crippen LogP contribution in [-0.4, -0.2) is 14.5 Å². The molecule has 0 fully saturated rings. The Kier molecular flexibility index (Phi) is 3.96. The molecule has 0 radical (unpaired) electrons. The van der Waals surface area contributed by atoms with Gasteiger partial charge in [0, 0.05) is 24.3 Å². The van der Waals surface area contributed by atoms with E-state index < -0.39 is 0 Å². The van der Waals surface area contributed by atoms with Crippen molar-refractivity contribution in [1.29, 1.82) is 0 Å². The molecule has 21 heavy (non-hydrogen) atoms. The van der Waals surface area contributed by atoms with Crippen molar-refractivity contribution in [3.63, 3.8) is 0 Å². The lowest BCUT2D eigenvalue weighted by Gasteiger charge is -2.11. The van der Waals surface area contributed by atoms with Crippen LogP contribution in [-0.2, 0) is 13.0 Å². The first kappa shape index (κ1) is 13.4. The predicted molar refractivity (Wildman–Crippen MR) is 84.5 cm³/mol. The maximum Gasteiger partial charge on any atom is 0.207 e. The van der Waals surface area contributed by atoms with E-state index in [0.29, 0.717) is 6.54 Å². The highest BCUT2D eigenvalue weighted by Crippen LogP contribution is 2.15. The summed E-state index contributed by atoms with van der Waals surface area (Å²) < 4.78 is 2.04. The Morgan fingerprint density at radius 3 is 2.67 bits per heavy atom. The first-order valence-electron chi connectivity index (χ1n) is 7.14. The Hall–Kier alpha value is -2.62. The molecule has 3 aromatic rings. The Morgan fingerprint density at radius 1 is 1.00 bits per heavy atom. The van der Waals surface area contributed by atoms with Gasteiger partial charge in [-0.15, -0.1) is 0 Å². The third kappa shape index (κ3) is 2.94. The molecule has 4 heteroatoms. The molecule has 106 valence electrons. The summed E-state index contributed by atoms with van der Waals surface area (Å²) in [6, 6.07) is 14.3. The van der Waals surface area contributed by atoms with Gasteiger partial charge in [-0.3, -0.25) is 9.55 Å². The highest BCUT2D eigenvalue weighted by molar-refractivity contribution is 5.42. The molecule has 0 bridgehead atoms. The summed E-state index contributed by atoms with van der Waals surface area (Å²) in [6.45, 7) is 2.82. The van der Waals surface area contributed by atoms with Crippen molar-refractivity contribution in [2.24, 2.45) is 0 Å². The minimum Gasteiger partial charge on any atom is -0.350 e. The summed E-state index contributed by atoms with van der Waals surface area (Å²) in [7, 11) is 0. The average Bonchev–Trinajstić information content (AvgIpc) is 3.02. The number of hydrogen-bond acceptors (Lipinski definition) is 3. The van der Waals surface area contributed by atoms with E-state index >= 15 is 0 Å². The number of aromatic nitrogens is 3. The zero-order valence-corrected chi connectivity index (χ0v) is 12.0. The number of pyridine rings is 1. The van der Waals surface area contributed by atoms with Crippen LogP contribution in [0.3, 0.4) is 0 Å². The number of aryl methyl sites for hydroxylation is 1. The highest BCUT2D eigenvalue weighted by Gasteiger charge is 2.06. The fraction of sp³-hybridized carbons (Fsp3) is 0.176. The van der Waals surface area contributed by atoms with Crippen LogP contribution in [0.5, 0.6) is 0 Å². The van der Waals surface area contributed by atoms with Crippen LogP contribution in [0, 0.1) is 0 Å². The SMILES string of the molecule is CCc1cccnc1CNc1nccn1-c1ccccc1. The standard InChI is InChI=1S/C17H18N4/c1-2-14-7-6-10-18-16(14)13-20-17-19-11-12-21(17)15-8-4-3-5-9-15/h3-12H,2,13H2,1H3,(H,19,20). The first-order chi connectivity index (χ1) is 10.4. The second kappa shape index (κ2) is 6.22. The molecule has 2 aromatic heterocycles. The van der Waals surface area contributed by atoms with Gasteiger partial charge in [-0.1, -0.05) is 31.2 Å². The second-order valence-electron chi connectivity index (χ2n) is 4.77. The van der Waals surface area contributed by atoms with Gasteiger partial charge in [-0.05, 0) is 30.2 Å². The number of hydrogen-bond donors (Lipinski definition) is 1. The van der Waals surface area contributed by atoms with Crippen LogP contribution in [0.25, 0.3) is 5.69 Å². The lowest BCUT2D eigenvalue weighted by Crippen LogP contribution is -2.09. The van der Waals surface area contributed by atoms with Gasteiger partial charge in [0.05, 0.1) is 12.2 Å². The first-order valence-corrected chi connectivity index (χ1v) is 7.14. The fourth-order valence-corrected chi connectivity index (χ4v) is 2.35. The molecule has 3 rings (SSSR count). The number of anilines is 1. The lowest BCUT2D eigenvalue weighted by molar-refractivity contribution is 0.939. The Morgan fingerprint density at radius 2 is 1.86 bits per heavy atom. The zero-order valence-electron chi connectivity index (χ0n) is 12.0. The molecule has 2 heterocycles. The van der Waals surface area contributed by atoms with E-state index in [1.807, 2.05) is 41.2 Å². The lowest BCUT2D eigenvalue weighted by atomic mass is 10.1. The van der Waals surface area contributed by atoms with Gasteiger partial charge >= 0.3 is 0 Å². The molecule has 0 atom stereocenters. The number of para-hydroxylation sites is 1. The van der Waals surface area contributed by atoms with E-state index in [0.717, 1.165) is 23.8 Å². The molecule has 0 aliphatic heterocycles. The Balaban J connectivity index is 1.79. The van der Waals surface area contributed by atoms with Gasteiger partial charge in [0.15, 0.2) is 0 Å². The molecule has 0 spiro atoms. The molecule has 0 aliphatic carbocycles. The Bertz CT molecular complexity index is 704.